The molecule has 1 aromatic rings. The predicted octanol–water partition coefficient (Wildman–Crippen LogP) is 4.52. The molecule has 0 atom stereocenters. The summed E-state index contributed by atoms with van der Waals surface area (Å²) >= 11 is 2.47. The zero-order chi connectivity index (χ0) is 14.4. The molecule has 0 fully saturated rings. The smallest absolute Gasteiger partial charge is 0.236 e. The Labute approximate surface area is 103 Å². The number of nitrogens with zero attached hydrogens (tertiary/aromatic N) is 1. The number of halogens is 9. The maximum Gasteiger partial charge on any atom is 0.458 e. The largest absolute Gasteiger partial charge is 0.458 e. The van der Waals surface area contributed by atoms with Crippen molar-refractivity contribution in [1.29, 1.82) is 0 Å². The number of hydrogen-bond acceptors (Lipinski definition) is 1. The lowest BCUT2D eigenvalue weighted by Crippen LogP contribution is -2.36. The van der Waals surface area contributed by atoms with E-state index in [1.807, 2.05) is 0 Å². The van der Waals surface area contributed by atoms with Gasteiger partial charge in [0, 0.05) is 0 Å². The Morgan fingerprint density at radius 1 is 0.889 bits per heavy atom. The first-order chi connectivity index (χ1) is 7.87. The van der Waals surface area contributed by atoms with Gasteiger partial charge in [-0.25, -0.2) is 4.98 Å². The average Bonchev–Trinajstić information content (AvgIpc) is 2.13. The second-order valence-corrected chi connectivity index (χ2v) is 3.91. The zero-order valence-corrected chi connectivity index (χ0v) is 9.59. The summed E-state index contributed by atoms with van der Waals surface area (Å²) in [7, 11) is 0. The second-order valence-electron chi connectivity index (χ2n) is 3.10. The molecule has 1 rings (SSSR count). The number of hydrogen-bond donors (Lipinski definition) is 0. The van der Waals surface area contributed by atoms with Crippen molar-refractivity contribution in [3.05, 3.63) is 28.0 Å². The SMILES string of the molecule is FC(F)(F)c1nc(Br)ccc1C(F)(F)C(F)(F)F. The third-order valence-corrected chi connectivity index (χ3v) is 2.27. The molecule has 0 spiro atoms. The molecule has 0 bridgehead atoms. The summed E-state index contributed by atoms with van der Waals surface area (Å²) in [5, 5.41) is 0. The van der Waals surface area contributed by atoms with Crippen molar-refractivity contribution in [2.75, 3.05) is 0 Å². The van der Waals surface area contributed by atoms with Crippen LogP contribution in [-0.4, -0.2) is 11.2 Å². The summed E-state index contributed by atoms with van der Waals surface area (Å²) in [4.78, 5) is 2.64. The van der Waals surface area contributed by atoms with Crippen LogP contribution in [0.1, 0.15) is 11.3 Å². The normalized spacial score (nSPS) is 13.8. The van der Waals surface area contributed by atoms with E-state index in [-0.39, 0.29) is 6.07 Å². The highest BCUT2D eigenvalue weighted by Crippen LogP contribution is 2.47. The molecule has 0 N–H and O–H groups in total. The van der Waals surface area contributed by atoms with Gasteiger partial charge in [-0.05, 0) is 28.1 Å². The predicted molar refractivity (Wildman–Crippen MR) is 46.9 cm³/mol. The summed E-state index contributed by atoms with van der Waals surface area (Å²) in [6.07, 6.45) is -11.6. The van der Waals surface area contributed by atoms with Crippen LogP contribution in [0.3, 0.4) is 0 Å². The topological polar surface area (TPSA) is 12.9 Å². The van der Waals surface area contributed by atoms with Crippen LogP contribution < -0.4 is 0 Å². The minimum absolute atomic E-state index is 0.0351. The standard InChI is InChI=1S/C8H2BrF8N/c9-4-2-1-3(5(18-4)7(12,13)14)6(10,11)8(15,16)17/h1-2H. The minimum atomic E-state index is -6.14. The Morgan fingerprint density at radius 3 is 1.78 bits per heavy atom. The van der Waals surface area contributed by atoms with Gasteiger partial charge in [-0.3, -0.25) is 0 Å². The zero-order valence-electron chi connectivity index (χ0n) is 8.00. The Morgan fingerprint density at radius 2 is 1.39 bits per heavy atom. The van der Waals surface area contributed by atoms with Gasteiger partial charge in [0.05, 0.1) is 5.56 Å². The van der Waals surface area contributed by atoms with E-state index in [1.165, 1.54) is 0 Å². The lowest BCUT2D eigenvalue weighted by atomic mass is 10.1. The molecule has 0 amide bonds. The van der Waals surface area contributed by atoms with Crippen LogP contribution >= 0.6 is 15.9 Å². The molecule has 18 heavy (non-hydrogen) atoms. The quantitative estimate of drug-likeness (QED) is 0.539. The molecule has 102 valence electrons. The number of aromatic nitrogens is 1. The molecule has 0 aliphatic carbocycles. The average molecular weight is 344 g/mol. The summed E-state index contributed by atoms with van der Waals surface area (Å²) in [6, 6.07) is 0.609. The first-order valence-electron chi connectivity index (χ1n) is 4.06. The molecule has 1 aromatic heterocycles. The lowest BCUT2D eigenvalue weighted by molar-refractivity contribution is -0.291. The van der Waals surface area contributed by atoms with Crippen molar-refractivity contribution in [3.8, 4) is 0 Å². The summed E-state index contributed by atoms with van der Waals surface area (Å²) in [5.74, 6) is -5.63. The van der Waals surface area contributed by atoms with Crippen molar-refractivity contribution in [2.45, 2.75) is 18.3 Å². The molecule has 1 nitrogen and oxygen atoms in total. The van der Waals surface area contributed by atoms with Crippen LogP contribution in [0.25, 0.3) is 0 Å². The van der Waals surface area contributed by atoms with Crippen molar-refractivity contribution < 1.29 is 35.1 Å². The molecule has 0 saturated carbocycles. The molecule has 0 radical (unpaired) electrons. The van der Waals surface area contributed by atoms with E-state index in [1.54, 1.807) is 0 Å². The van der Waals surface area contributed by atoms with Gasteiger partial charge in [0.1, 0.15) is 4.60 Å². The Kier molecular flexibility index (Phi) is 3.63. The van der Waals surface area contributed by atoms with E-state index in [2.05, 4.69) is 20.9 Å². The highest BCUT2D eigenvalue weighted by molar-refractivity contribution is 9.10. The van der Waals surface area contributed by atoms with E-state index in [0.29, 0.717) is 6.07 Å². The van der Waals surface area contributed by atoms with Gasteiger partial charge >= 0.3 is 18.3 Å². The molecule has 0 saturated heterocycles. The summed E-state index contributed by atoms with van der Waals surface area (Å²) < 4.78 is 98.5. The molecular weight excluding hydrogens is 342 g/mol. The van der Waals surface area contributed by atoms with E-state index in [9.17, 15) is 35.1 Å². The Hall–Kier alpha value is -0.930. The first kappa shape index (κ1) is 15.1. The second kappa shape index (κ2) is 4.32. The van der Waals surface area contributed by atoms with Crippen molar-refractivity contribution in [2.24, 2.45) is 0 Å². The van der Waals surface area contributed by atoms with Crippen LogP contribution in [0.15, 0.2) is 16.7 Å². The van der Waals surface area contributed by atoms with E-state index < -0.39 is 34.1 Å². The maximum atomic E-state index is 12.9. The molecule has 0 aliphatic heterocycles. The molecule has 1 heterocycles. The number of rotatable bonds is 1. The fourth-order valence-electron chi connectivity index (χ4n) is 1.06. The molecule has 10 heteroatoms. The number of alkyl halides is 8. The molecule has 0 aliphatic rings. The Bertz CT molecular complexity index is 449. The lowest BCUT2D eigenvalue weighted by Gasteiger charge is -2.22. The van der Waals surface area contributed by atoms with Gasteiger partial charge in [0.15, 0.2) is 5.69 Å². The molecular formula is C8H2BrF8N. The van der Waals surface area contributed by atoms with E-state index >= 15 is 0 Å². The highest BCUT2D eigenvalue weighted by Gasteiger charge is 2.61. The van der Waals surface area contributed by atoms with Crippen molar-refractivity contribution in [1.82, 2.24) is 4.98 Å². The van der Waals surface area contributed by atoms with Gasteiger partial charge in [0.25, 0.3) is 0 Å². The van der Waals surface area contributed by atoms with E-state index in [4.69, 9.17) is 0 Å². The van der Waals surface area contributed by atoms with Gasteiger partial charge in [-0.2, -0.15) is 35.1 Å². The molecule has 0 unspecified atom stereocenters. The Balaban J connectivity index is 3.52. The van der Waals surface area contributed by atoms with Gasteiger partial charge in [0.2, 0.25) is 0 Å². The number of pyridine rings is 1. The summed E-state index contributed by atoms with van der Waals surface area (Å²) in [5.41, 5.74) is -4.51. The minimum Gasteiger partial charge on any atom is -0.236 e. The summed E-state index contributed by atoms with van der Waals surface area (Å²) in [6.45, 7) is 0. The van der Waals surface area contributed by atoms with Crippen LogP contribution in [-0.2, 0) is 12.1 Å². The van der Waals surface area contributed by atoms with Crippen molar-refractivity contribution >= 4 is 15.9 Å². The van der Waals surface area contributed by atoms with Crippen LogP contribution in [0.4, 0.5) is 35.1 Å². The van der Waals surface area contributed by atoms with Gasteiger partial charge in [-0.15, -0.1) is 0 Å². The maximum absolute atomic E-state index is 12.9. The van der Waals surface area contributed by atoms with Gasteiger partial charge < -0.3 is 0 Å². The fourth-order valence-corrected chi connectivity index (χ4v) is 1.37. The fraction of sp³-hybridized carbons (Fsp3) is 0.375. The third kappa shape index (κ3) is 2.73. The third-order valence-electron chi connectivity index (χ3n) is 1.82. The molecule has 0 aromatic carbocycles. The van der Waals surface area contributed by atoms with Gasteiger partial charge in [-0.1, -0.05) is 0 Å². The van der Waals surface area contributed by atoms with E-state index in [0.717, 1.165) is 0 Å². The van der Waals surface area contributed by atoms with Crippen LogP contribution in [0, 0.1) is 0 Å². The highest BCUT2D eigenvalue weighted by atomic mass is 79.9. The van der Waals surface area contributed by atoms with Crippen LogP contribution in [0.2, 0.25) is 0 Å². The van der Waals surface area contributed by atoms with Crippen molar-refractivity contribution in [3.63, 3.8) is 0 Å². The monoisotopic (exact) mass is 343 g/mol. The first-order valence-corrected chi connectivity index (χ1v) is 4.85. The van der Waals surface area contributed by atoms with Crippen LogP contribution in [0.5, 0.6) is 0 Å².